The van der Waals surface area contributed by atoms with Gasteiger partial charge in [0.1, 0.15) is 0 Å². The zero-order valence-corrected chi connectivity index (χ0v) is 18.1. The zero-order chi connectivity index (χ0) is 19.8. The molecule has 0 radical (unpaired) electrons. The molecule has 2 heteroatoms. The van der Waals surface area contributed by atoms with Crippen LogP contribution in [0.4, 0.5) is 0 Å². The molecule has 0 bridgehead atoms. The van der Waals surface area contributed by atoms with E-state index in [9.17, 15) is 4.79 Å². The van der Waals surface area contributed by atoms with Crippen LogP contribution in [0, 0.1) is 5.41 Å². The van der Waals surface area contributed by atoms with Gasteiger partial charge in [0, 0.05) is 0 Å². The van der Waals surface area contributed by atoms with Crippen molar-refractivity contribution in [2.45, 2.75) is 87.5 Å². The van der Waals surface area contributed by atoms with E-state index in [0.717, 1.165) is 6.42 Å². The van der Waals surface area contributed by atoms with Gasteiger partial charge in [-0.3, -0.25) is 4.79 Å². The Labute approximate surface area is 152 Å². The first-order valence-corrected chi connectivity index (χ1v) is 9.35. The van der Waals surface area contributed by atoms with Crippen molar-refractivity contribution in [1.29, 1.82) is 0 Å². The summed E-state index contributed by atoms with van der Waals surface area (Å²) in [6.45, 7) is 20.5. The zero-order valence-electron chi connectivity index (χ0n) is 18.1. The highest BCUT2D eigenvalue weighted by molar-refractivity contribution is 5.75. The van der Waals surface area contributed by atoms with Gasteiger partial charge in [-0.2, -0.15) is 0 Å². The summed E-state index contributed by atoms with van der Waals surface area (Å²) >= 11 is 0. The van der Waals surface area contributed by atoms with Gasteiger partial charge in [0.05, 0.1) is 12.5 Å². The Kier molecular flexibility index (Phi) is 17.5. The molecule has 1 aromatic carbocycles. The van der Waals surface area contributed by atoms with Gasteiger partial charge in [-0.05, 0) is 37.7 Å². The molecule has 0 spiro atoms. The van der Waals surface area contributed by atoms with Crippen LogP contribution in [0.15, 0.2) is 30.3 Å². The maximum absolute atomic E-state index is 10.8. The average molecular weight is 339 g/mol. The summed E-state index contributed by atoms with van der Waals surface area (Å²) in [7, 11) is 1.42. The monoisotopic (exact) mass is 338 g/mol. The third kappa shape index (κ3) is 11.3. The van der Waals surface area contributed by atoms with Crippen molar-refractivity contribution in [2.75, 3.05) is 7.11 Å². The minimum Gasteiger partial charge on any atom is -0.469 e. The van der Waals surface area contributed by atoms with Gasteiger partial charge in [-0.1, -0.05) is 85.7 Å². The SMILES string of the molecule is CC.CC.CCC(C)(C)C(=O)OC.CCC(C)(C)c1ccccc1. The topological polar surface area (TPSA) is 26.3 Å². The molecule has 0 aliphatic heterocycles. The number of hydrogen-bond donors (Lipinski definition) is 0. The number of methoxy groups -OCH3 is 1. The predicted octanol–water partition coefficient (Wildman–Crippen LogP) is 7.02. The van der Waals surface area contributed by atoms with Crippen LogP contribution in [-0.2, 0) is 14.9 Å². The van der Waals surface area contributed by atoms with Crippen LogP contribution < -0.4 is 0 Å². The second-order valence-electron chi connectivity index (χ2n) is 6.33. The third-order valence-electron chi connectivity index (χ3n) is 4.06. The number of hydrogen-bond acceptors (Lipinski definition) is 2. The Morgan fingerprint density at radius 2 is 1.29 bits per heavy atom. The van der Waals surface area contributed by atoms with Gasteiger partial charge in [0.2, 0.25) is 0 Å². The molecule has 0 N–H and O–H groups in total. The molecular weight excluding hydrogens is 296 g/mol. The Morgan fingerprint density at radius 1 is 0.875 bits per heavy atom. The predicted molar refractivity (Wildman–Crippen MR) is 109 cm³/mol. The molecule has 0 fully saturated rings. The number of esters is 1. The van der Waals surface area contributed by atoms with Gasteiger partial charge >= 0.3 is 5.97 Å². The van der Waals surface area contributed by atoms with Gasteiger partial charge < -0.3 is 4.74 Å². The van der Waals surface area contributed by atoms with E-state index in [-0.39, 0.29) is 11.4 Å². The van der Waals surface area contributed by atoms with Crippen LogP contribution in [-0.4, -0.2) is 13.1 Å². The number of rotatable bonds is 4. The summed E-state index contributed by atoms with van der Waals surface area (Å²) in [6.07, 6.45) is 2.01. The molecular formula is C22H42O2. The molecule has 0 aliphatic rings. The lowest BCUT2D eigenvalue weighted by Gasteiger charge is -2.22. The molecule has 0 saturated carbocycles. The van der Waals surface area contributed by atoms with E-state index in [1.807, 2.05) is 48.5 Å². The van der Waals surface area contributed by atoms with Crippen molar-refractivity contribution in [1.82, 2.24) is 0 Å². The van der Waals surface area contributed by atoms with Crippen LogP contribution >= 0.6 is 0 Å². The first-order valence-electron chi connectivity index (χ1n) is 9.35. The second-order valence-corrected chi connectivity index (χ2v) is 6.33. The molecule has 1 aromatic rings. The van der Waals surface area contributed by atoms with Crippen molar-refractivity contribution < 1.29 is 9.53 Å². The van der Waals surface area contributed by atoms with E-state index in [1.165, 1.54) is 19.1 Å². The van der Waals surface area contributed by atoms with Crippen molar-refractivity contribution >= 4 is 5.97 Å². The van der Waals surface area contributed by atoms with Crippen molar-refractivity contribution in [3.8, 4) is 0 Å². The number of carbonyl (C=O) groups is 1. The van der Waals surface area contributed by atoms with Crippen molar-refractivity contribution in [3.63, 3.8) is 0 Å². The van der Waals surface area contributed by atoms with Gasteiger partial charge in [-0.15, -0.1) is 0 Å². The van der Waals surface area contributed by atoms with Crippen LogP contribution in [0.5, 0.6) is 0 Å². The molecule has 0 amide bonds. The summed E-state index contributed by atoms with van der Waals surface area (Å²) in [4.78, 5) is 10.8. The molecule has 0 heterocycles. The van der Waals surface area contributed by atoms with E-state index in [4.69, 9.17) is 0 Å². The van der Waals surface area contributed by atoms with Gasteiger partial charge in [0.15, 0.2) is 0 Å². The van der Waals surface area contributed by atoms with Gasteiger partial charge in [-0.25, -0.2) is 0 Å². The summed E-state index contributed by atoms with van der Waals surface area (Å²) < 4.78 is 4.57. The molecule has 142 valence electrons. The largest absolute Gasteiger partial charge is 0.469 e. The maximum atomic E-state index is 10.8. The summed E-state index contributed by atoms with van der Waals surface area (Å²) in [5.41, 5.74) is 1.46. The van der Waals surface area contributed by atoms with Crippen molar-refractivity contribution in [3.05, 3.63) is 35.9 Å². The molecule has 0 unspecified atom stereocenters. The summed E-state index contributed by atoms with van der Waals surface area (Å²) in [5.74, 6) is -0.134. The molecule has 24 heavy (non-hydrogen) atoms. The van der Waals surface area contributed by atoms with Crippen LogP contribution in [0.25, 0.3) is 0 Å². The summed E-state index contributed by atoms with van der Waals surface area (Å²) in [5, 5.41) is 0. The van der Waals surface area contributed by atoms with Crippen molar-refractivity contribution in [2.24, 2.45) is 5.41 Å². The lowest BCUT2D eigenvalue weighted by Crippen LogP contribution is -2.24. The first kappa shape index (κ1) is 27.5. The molecule has 1 rings (SSSR count). The number of carbonyl (C=O) groups excluding carboxylic acids is 1. The lowest BCUT2D eigenvalue weighted by atomic mass is 9.82. The standard InChI is InChI=1S/C11H16.C7H14O2.2C2H6/c1-4-11(2,3)10-8-6-5-7-9-10;1-5-7(2,3)6(8)9-4;2*1-2/h5-9H,4H2,1-3H3;5H2,1-4H3;2*1-2H3. The fraction of sp³-hybridized carbons (Fsp3) is 0.682. The van der Waals surface area contributed by atoms with E-state index in [1.54, 1.807) is 0 Å². The van der Waals surface area contributed by atoms with Crippen LogP contribution in [0.2, 0.25) is 0 Å². The average Bonchev–Trinajstić information content (AvgIpc) is 2.65. The van der Waals surface area contributed by atoms with E-state index in [2.05, 4.69) is 55.8 Å². The lowest BCUT2D eigenvalue weighted by molar-refractivity contribution is -0.150. The number of ether oxygens (including phenoxy) is 1. The molecule has 0 aliphatic carbocycles. The fourth-order valence-corrected chi connectivity index (χ4v) is 1.51. The van der Waals surface area contributed by atoms with E-state index in [0.29, 0.717) is 5.41 Å². The Hall–Kier alpha value is -1.31. The maximum Gasteiger partial charge on any atom is 0.311 e. The van der Waals surface area contributed by atoms with Crippen LogP contribution in [0.3, 0.4) is 0 Å². The highest BCUT2D eigenvalue weighted by Crippen LogP contribution is 2.25. The quantitative estimate of drug-likeness (QED) is 0.551. The third-order valence-corrected chi connectivity index (χ3v) is 4.06. The minimum absolute atomic E-state index is 0.134. The van der Waals surface area contributed by atoms with Crippen LogP contribution in [0.1, 0.15) is 87.6 Å². The molecule has 2 nitrogen and oxygen atoms in total. The highest BCUT2D eigenvalue weighted by atomic mass is 16.5. The minimum atomic E-state index is -0.311. The molecule has 0 saturated heterocycles. The Morgan fingerprint density at radius 3 is 1.54 bits per heavy atom. The van der Waals surface area contributed by atoms with Gasteiger partial charge in [0.25, 0.3) is 0 Å². The Bertz CT molecular complexity index is 392. The first-order chi connectivity index (χ1) is 11.2. The Balaban J connectivity index is -0.000000309. The van der Waals surface area contributed by atoms with E-state index >= 15 is 0 Å². The normalized spacial score (nSPS) is 9.96. The van der Waals surface area contributed by atoms with E-state index < -0.39 is 0 Å². The smallest absolute Gasteiger partial charge is 0.311 e. The molecule has 0 atom stereocenters. The molecule has 0 aromatic heterocycles. The number of benzene rings is 1. The highest BCUT2D eigenvalue weighted by Gasteiger charge is 2.25. The summed E-state index contributed by atoms with van der Waals surface area (Å²) in [6, 6.07) is 10.7. The fourth-order valence-electron chi connectivity index (χ4n) is 1.51. The second kappa shape index (κ2) is 15.2.